The molecule has 0 bridgehead atoms. The first kappa shape index (κ1) is 16.1. The van der Waals surface area contributed by atoms with Crippen molar-refractivity contribution in [3.8, 4) is 0 Å². The van der Waals surface area contributed by atoms with Crippen LogP contribution < -0.4 is 10.0 Å². The molecule has 110 valence electrons. The number of nitrogens with zero attached hydrogens (tertiary/aromatic N) is 1. The molecule has 0 aromatic carbocycles. The van der Waals surface area contributed by atoms with Gasteiger partial charge in [-0.2, -0.15) is 5.10 Å². The molecule has 0 fully saturated rings. The van der Waals surface area contributed by atoms with Crippen LogP contribution in [0.2, 0.25) is 0 Å². The number of aryl methyl sites for hydroxylation is 1. The van der Waals surface area contributed by atoms with Crippen LogP contribution in [0.25, 0.3) is 0 Å². The summed E-state index contributed by atoms with van der Waals surface area (Å²) in [4.78, 5) is 0.265. The Morgan fingerprint density at radius 1 is 1.37 bits per heavy atom. The Hall–Kier alpha value is -0.920. The van der Waals surface area contributed by atoms with Gasteiger partial charge in [0.05, 0.1) is 11.4 Å². The highest BCUT2D eigenvalue weighted by Gasteiger charge is 2.27. The first-order valence-corrected chi connectivity index (χ1v) is 8.02. The zero-order valence-corrected chi connectivity index (χ0v) is 13.1. The second kappa shape index (κ2) is 6.49. The molecule has 0 spiro atoms. The Balaban J connectivity index is 3.09. The molecule has 0 aliphatic carbocycles. The van der Waals surface area contributed by atoms with Crippen molar-refractivity contribution in [1.29, 1.82) is 0 Å². The number of hydrogen-bond acceptors (Lipinski definition) is 4. The largest absolute Gasteiger partial charge is 0.314 e. The van der Waals surface area contributed by atoms with Crippen molar-refractivity contribution in [2.45, 2.75) is 51.6 Å². The van der Waals surface area contributed by atoms with Crippen LogP contribution in [0.15, 0.2) is 4.90 Å². The van der Waals surface area contributed by atoms with Gasteiger partial charge >= 0.3 is 0 Å². The summed E-state index contributed by atoms with van der Waals surface area (Å²) in [5.74, 6) is 0.250. The predicted octanol–water partition coefficient (Wildman–Crippen LogP) is 1.15. The Morgan fingerprint density at radius 2 is 2.00 bits per heavy atom. The molecule has 19 heavy (non-hydrogen) atoms. The van der Waals surface area contributed by atoms with Gasteiger partial charge in [-0.05, 0) is 26.3 Å². The standard InChI is InChI=1S/C12H24N4O2S/c1-6-10(8(2)3)16-19(17,18)12-9(4)14-15-11(12)7-13-5/h8,10,13,16H,6-7H2,1-5H3,(H,14,15). The lowest BCUT2D eigenvalue weighted by Gasteiger charge is -2.20. The molecule has 1 aromatic rings. The summed E-state index contributed by atoms with van der Waals surface area (Å²) < 4.78 is 27.7. The van der Waals surface area contributed by atoms with E-state index in [2.05, 4.69) is 20.2 Å². The third kappa shape index (κ3) is 3.77. The third-order valence-corrected chi connectivity index (χ3v) is 4.82. The van der Waals surface area contributed by atoms with E-state index in [4.69, 9.17) is 0 Å². The van der Waals surface area contributed by atoms with Crippen LogP contribution in [0.4, 0.5) is 0 Å². The molecule has 3 N–H and O–H groups in total. The van der Waals surface area contributed by atoms with Crippen molar-refractivity contribution in [3.63, 3.8) is 0 Å². The number of aromatic nitrogens is 2. The van der Waals surface area contributed by atoms with Gasteiger partial charge in [0.25, 0.3) is 0 Å². The summed E-state index contributed by atoms with van der Waals surface area (Å²) in [6, 6.07) is -0.0678. The highest BCUT2D eigenvalue weighted by atomic mass is 32.2. The van der Waals surface area contributed by atoms with Crippen LogP contribution >= 0.6 is 0 Å². The minimum absolute atomic E-state index is 0.0678. The fraction of sp³-hybridized carbons (Fsp3) is 0.750. The van der Waals surface area contributed by atoms with Crippen molar-refractivity contribution in [2.75, 3.05) is 7.05 Å². The molecule has 0 aliphatic rings. The van der Waals surface area contributed by atoms with E-state index in [9.17, 15) is 8.42 Å². The summed E-state index contributed by atoms with van der Waals surface area (Å²) in [7, 11) is -1.78. The van der Waals surface area contributed by atoms with Crippen LogP contribution in [-0.4, -0.2) is 31.7 Å². The maximum absolute atomic E-state index is 12.5. The van der Waals surface area contributed by atoms with E-state index in [-0.39, 0.29) is 16.9 Å². The monoisotopic (exact) mass is 288 g/mol. The molecule has 1 aromatic heterocycles. The lowest BCUT2D eigenvalue weighted by Crippen LogP contribution is -2.38. The van der Waals surface area contributed by atoms with Gasteiger partial charge in [-0.3, -0.25) is 5.10 Å². The Bertz CT molecular complexity index is 508. The second-order valence-corrected chi connectivity index (χ2v) is 6.69. The minimum atomic E-state index is -3.54. The molecular formula is C12H24N4O2S. The van der Waals surface area contributed by atoms with Crippen LogP contribution in [-0.2, 0) is 16.6 Å². The highest BCUT2D eigenvalue weighted by Crippen LogP contribution is 2.19. The second-order valence-electron chi connectivity index (χ2n) is 5.03. The van der Waals surface area contributed by atoms with E-state index in [1.165, 1.54) is 0 Å². The Kier molecular flexibility index (Phi) is 5.51. The van der Waals surface area contributed by atoms with Crippen molar-refractivity contribution >= 4 is 10.0 Å². The van der Waals surface area contributed by atoms with E-state index < -0.39 is 10.0 Å². The zero-order valence-electron chi connectivity index (χ0n) is 12.2. The SMILES string of the molecule is CCC(NS(=O)(=O)c1c(CNC)n[nH]c1C)C(C)C. The molecule has 6 nitrogen and oxygen atoms in total. The first-order chi connectivity index (χ1) is 8.83. The van der Waals surface area contributed by atoms with Crippen LogP contribution in [0.5, 0.6) is 0 Å². The van der Waals surface area contributed by atoms with Crippen LogP contribution in [0, 0.1) is 12.8 Å². The van der Waals surface area contributed by atoms with Gasteiger partial charge < -0.3 is 5.32 Å². The zero-order chi connectivity index (χ0) is 14.6. The van der Waals surface area contributed by atoms with Gasteiger partial charge in [-0.25, -0.2) is 13.1 Å². The number of hydrogen-bond donors (Lipinski definition) is 3. The first-order valence-electron chi connectivity index (χ1n) is 6.54. The summed E-state index contributed by atoms with van der Waals surface area (Å²) in [6.07, 6.45) is 0.759. The van der Waals surface area contributed by atoms with E-state index in [1.807, 2.05) is 20.8 Å². The molecule has 7 heteroatoms. The van der Waals surface area contributed by atoms with Gasteiger partial charge in [0, 0.05) is 12.6 Å². The Labute approximate surface area is 115 Å². The van der Waals surface area contributed by atoms with Gasteiger partial charge in [-0.15, -0.1) is 0 Å². The normalized spacial score (nSPS) is 14.0. The molecule has 0 aliphatic heterocycles. The minimum Gasteiger partial charge on any atom is -0.314 e. The van der Waals surface area contributed by atoms with E-state index in [0.717, 1.165) is 6.42 Å². The number of aromatic amines is 1. The quantitative estimate of drug-likeness (QED) is 0.702. The van der Waals surface area contributed by atoms with E-state index >= 15 is 0 Å². The molecule has 0 saturated heterocycles. The number of rotatable bonds is 7. The Morgan fingerprint density at radius 3 is 2.47 bits per heavy atom. The summed E-state index contributed by atoms with van der Waals surface area (Å²) >= 11 is 0. The van der Waals surface area contributed by atoms with Gasteiger partial charge in [0.1, 0.15) is 4.90 Å². The van der Waals surface area contributed by atoms with E-state index in [1.54, 1.807) is 14.0 Å². The van der Waals surface area contributed by atoms with Crippen molar-refractivity contribution < 1.29 is 8.42 Å². The fourth-order valence-corrected chi connectivity index (χ4v) is 3.89. The average molecular weight is 288 g/mol. The van der Waals surface area contributed by atoms with Crippen molar-refractivity contribution in [2.24, 2.45) is 5.92 Å². The number of nitrogens with one attached hydrogen (secondary N) is 3. The molecule has 1 heterocycles. The predicted molar refractivity (Wildman–Crippen MR) is 75.3 cm³/mol. The summed E-state index contributed by atoms with van der Waals surface area (Å²) in [5, 5.41) is 9.71. The molecule has 0 saturated carbocycles. The topological polar surface area (TPSA) is 86.9 Å². The fourth-order valence-electron chi connectivity index (χ4n) is 2.06. The van der Waals surface area contributed by atoms with Crippen molar-refractivity contribution in [1.82, 2.24) is 20.2 Å². The smallest absolute Gasteiger partial charge is 0.244 e. The van der Waals surface area contributed by atoms with Gasteiger partial charge in [0.2, 0.25) is 10.0 Å². The number of sulfonamides is 1. The molecule has 1 atom stereocenters. The molecule has 1 unspecified atom stereocenters. The van der Waals surface area contributed by atoms with Crippen LogP contribution in [0.3, 0.4) is 0 Å². The average Bonchev–Trinajstić information content (AvgIpc) is 2.68. The molecule has 1 rings (SSSR count). The molecular weight excluding hydrogens is 264 g/mol. The van der Waals surface area contributed by atoms with Gasteiger partial charge in [0.15, 0.2) is 0 Å². The molecule has 0 radical (unpaired) electrons. The third-order valence-electron chi connectivity index (χ3n) is 3.13. The summed E-state index contributed by atoms with van der Waals surface area (Å²) in [5.41, 5.74) is 1.09. The molecule has 0 amide bonds. The maximum atomic E-state index is 12.5. The van der Waals surface area contributed by atoms with Crippen molar-refractivity contribution in [3.05, 3.63) is 11.4 Å². The maximum Gasteiger partial charge on any atom is 0.244 e. The number of H-pyrrole nitrogens is 1. The lowest BCUT2D eigenvalue weighted by atomic mass is 10.0. The van der Waals surface area contributed by atoms with E-state index in [0.29, 0.717) is 17.9 Å². The highest BCUT2D eigenvalue weighted by molar-refractivity contribution is 7.89. The van der Waals surface area contributed by atoms with Gasteiger partial charge in [-0.1, -0.05) is 20.8 Å². The lowest BCUT2D eigenvalue weighted by molar-refractivity contribution is 0.437. The van der Waals surface area contributed by atoms with Crippen LogP contribution in [0.1, 0.15) is 38.6 Å². The summed E-state index contributed by atoms with van der Waals surface area (Å²) in [6.45, 7) is 8.13.